The summed E-state index contributed by atoms with van der Waals surface area (Å²) in [5.41, 5.74) is 3.65. The van der Waals surface area contributed by atoms with Crippen LogP contribution in [-0.4, -0.2) is 29.5 Å². The predicted octanol–water partition coefficient (Wildman–Crippen LogP) is 5.86. The van der Waals surface area contributed by atoms with Gasteiger partial charge in [0.1, 0.15) is 11.6 Å². The molecule has 1 aliphatic rings. The maximum absolute atomic E-state index is 12.7. The number of benzene rings is 3. The number of hydrogen-bond donors (Lipinski definition) is 1. The summed E-state index contributed by atoms with van der Waals surface area (Å²) in [7, 11) is 1.64. The van der Waals surface area contributed by atoms with E-state index in [1.54, 1.807) is 19.2 Å². The first-order chi connectivity index (χ1) is 16.4. The minimum absolute atomic E-state index is 0.0980. The largest absolute Gasteiger partial charge is 0.497 e. The van der Waals surface area contributed by atoms with Crippen molar-refractivity contribution in [3.05, 3.63) is 92.4 Å². The van der Waals surface area contributed by atoms with Gasteiger partial charge >= 0.3 is 0 Å². The van der Waals surface area contributed by atoms with Gasteiger partial charge in [-0.05, 0) is 76.4 Å². The van der Waals surface area contributed by atoms with Crippen molar-refractivity contribution in [1.82, 2.24) is 4.98 Å². The number of ether oxygens (including phenoxy) is 1. The Hall–Kier alpha value is -3.98. The SMILES string of the molecule is COc1ccc2cc3c(nc2c1)N(c1ccc(C(=O)Nc2cc([N+](=O)[O-])ccc2Br)cc1)CC3. The average Bonchev–Trinajstić information content (AvgIpc) is 3.26. The summed E-state index contributed by atoms with van der Waals surface area (Å²) in [6.45, 7) is 0.794. The topological polar surface area (TPSA) is 97.6 Å². The number of rotatable bonds is 5. The third kappa shape index (κ3) is 4.06. The van der Waals surface area contributed by atoms with Crippen molar-refractivity contribution < 1.29 is 14.5 Å². The number of halogens is 1. The number of nitrogens with zero attached hydrogens (tertiary/aromatic N) is 3. The van der Waals surface area contributed by atoms with Crippen LogP contribution in [0.25, 0.3) is 10.9 Å². The van der Waals surface area contributed by atoms with Crippen molar-refractivity contribution in [2.75, 3.05) is 23.9 Å². The third-order valence-corrected chi connectivity index (χ3v) is 6.48. The van der Waals surface area contributed by atoms with Gasteiger partial charge in [0.05, 0.1) is 23.2 Å². The molecule has 5 rings (SSSR count). The fraction of sp³-hybridized carbons (Fsp3) is 0.120. The molecule has 0 aliphatic carbocycles. The van der Waals surface area contributed by atoms with Gasteiger partial charge in [-0.15, -0.1) is 0 Å². The van der Waals surface area contributed by atoms with E-state index < -0.39 is 4.92 Å². The van der Waals surface area contributed by atoms with E-state index in [0.717, 1.165) is 41.1 Å². The van der Waals surface area contributed by atoms with Gasteiger partial charge in [-0.3, -0.25) is 14.9 Å². The fourth-order valence-electron chi connectivity index (χ4n) is 4.02. The second kappa shape index (κ2) is 8.75. The van der Waals surface area contributed by atoms with Crippen molar-refractivity contribution in [2.24, 2.45) is 0 Å². The van der Waals surface area contributed by atoms with E-state index in [1.807, 2.05) is 30.3 Å². The minimum Gasteiger partial charge on any atom is -0.497 e. The molecular formula is C25H19BrN4O4. The van der Waals surface area contributed by atoms with Crippen LogP contribution in [0.3, 0.4) is 0 Å². The lowest BCUT2D eigenvalue weighted by molar-refractivity contribution is -0.384. The number of methoxy groups -OCH3 is 1. The number of nitrogens with one attached hydrogen (secondary N) is 1. The van der Waals surface area contributed by atoms with Gasteiger partial charge < -0.3 is 15.0 Å². The molecule has 0 radical (unpaired) electrons. The highest BCUT2D eigenvalue weighted by Crippen LogP contribution is 2.36. The first-order valence-corrected chi connectivity index (χ1v) is 11.3. The molecule has 8 nitrogen and oxygen atoms in total. The molecule has 0 fully saturated rings. The van der Waals surface area contributed by atoms with Crippen LogP contribution < -0.4 is 15.0 Å². The van der Waals surface area contributed by atoms with Gasteiger partial charge in [0, 0.05) is 45.9 Å². The molecule has 170 valence electrons. The van der Waals surface area contributed by atoms with Crippen LogP contribution in [0.1, 0.15) is 15.9 Å². The average molecular weight is 519 g/mol. The molecule has 1 N–H and O–H groups in total. The molecule has 0 spiro atoms. The standard InChI is InChI=1S/C25H19BrN4O4/c1-34-20-8-4-16-12-17-10-11-29(24(17)27-22(16)14-20)18-5-2-15(3-6-18)25(31)28-23-13-19(30(32)33)7-9-21(23)26/h2-9,12-14H,10-11H2,1H3,(H,28,31). The molecule has 1 amide bonds. The number of nitro benzene ring substituents is 1. The lowest BCUT2D eigenvalue weighted by Crippen LogP contribution is -2.16. The zero-order valence-electron chi connectivity index (χ0n) is 18.1. The summed E-state index contributed by atoms with van der Waals surface area (Å²) in [6, 6.07) is 19.5. The van der Waals surface area contributed by atoms with Crippen molar-refractivity contribution in [2.45, 2.75) is 6.42 Å². The number of aromatic nitrogens is 1. The van der Waals surface area contributed by atoms with Gasteiger partial charge in [0.15, 0.2) is 0 Å². The Morgan fingerprint density at radius 1 is 1.12 bits per heavy atom. The van der Waals surface area contributed by atoms with E-state index >= 15 is 0 Å². The van der Waals surface area contributed by atoms with Crippen molar-refractivity contribution in [3.63, 3.8) is 0 Å². The van der Waals surface area contributed by atoms with E-state index in [0.29, 0.717) is 15.7 Å². The lowest BCUT2D eigenvalue weighted by Gasteiger charge is -2.19. The Kier molecular flexibility index (Phi) is 5.62. The van der Waals surface area contributed by atoms with Gasteiger partial charge in [0.25, 0.3) is 11.6 Å². The molecule has 9 heteroatoms. The smallest absolute Gasteiger partial charge is 0.271 e. The second-order valence-electron chi connectivity index (χ2n) is 7.85. The molecule has 0 saturated carbocycles. The van der Waals surface area contributed by atoms with Crippen LogP contribution in [0.4, 0.5) is 22.9 Å². The van der Waals surface area contributed by atoms with E-state index in [9.17, 15) is 14.9 Å². The van der Waals surface area contributed by atoms with Crippen LogP contribution in [-0.2, 0) is 6.42 Å². The van der Waals surface area contributed by atoms with Crippen molar-refractivity contribution >= 4 is 55.6 Å². The fourth-order valence-corrected chi connectivity index (χ4v) is 4.37. The first kappa shape index (κ1) is 21.8. The summed E-state index contributed by atoms with van der Waals surface area (Å²) >= 11 is 3.32. The summed E-state index contributed by atoms with van der Waals surface area (Å²) in [4.78, 5) is 30.3. The Morgan fingerprint density at radius 3 is 2.65 bits per heavy atom. The van der Waals surface area contributed by atoms with Crippen LogP contribution in [0.15, 0.2) is 71.2 Å². The summed E-state index contributed by atoms with van der Waals surface area (Å²) in [5.74, 6) is 1.31. The Balaban J connectivity index is 1.38. The van der Waals surface area contributed by atoms with Crippen LogP contribution in [0.2, 0.25) is 0 Å². The molecule has 4 aromatic rings. The number of nitro groups is 1. The number of carbonyl (C=O) groups excluding carboxylic acids is 1. The number of anilines is 3. The molecule has 0 atom stereocenters. The number of hydrogen-bond acceptors (Lipinski definition) is 6. The zero-order chi connectivity index (χ0) is 23.8. The van der Waals surface area contributed by atoms with Gasteiger partial charge in [0.2, 0.25) is 0 Å². The Labute approximate surface area is 203 Å². The maximum atomic E-state index is 12.7. The predicted molar refractivity (Wildman–Crippen MR) is 134 cm³/mol. The molecule has 0 bridgehead atoms. The van der Waals surface area contributed by atoms with E-state index in [1.165, 1.54) is 23.8 Å². The molecule has 0 unspecified atom stereocenters. The Morgan fingerprint density at radius 2 is 1.91 bits per heavy atom. The monoisotopic (exact) mass is 518 g/mol. The van der Waals surface area contributed by atoms with Crippen LogP contribution in [0, 0.1) is 10.1 Å². The quantitative estimate of drug-likeness (QED) is 0.262. The lowest BCUT2D eigenvalue weighted by atomic mass is 10.1. The number of carbonyl (C=O) groups is 1. The molecule has 2 heterocycles. The second-order valence-corrected chi connectivity index (χ2v) is 8.71. The highest BCUT2D eigenvalue weighted by molar-refractivity contribution is 9.10. The van der Waals surface area contributed by atoms with Crippen molar-refractivity contribution in [1.29, 1.82) is 0 Å². The van der Waals surface area contributed by atoms with Gasteiger partial charge in [-0.25, -0.2) is 4.98 Å². The molecule has 3 aromatic carbocycles. The van der Waals surface area contributed by atoms with E-state index in [-0.39, 0.29) is 11.6 Å². The molecule has 1 aromatic heterocycles. The van der Waals surface area contributed by atoms with Crippen molar-refractivity contribution in [3.8, 4) is 5.75 Å². The highest BCUT2D eigenvalue weighted by Gasteiger charge is 2.23. The molecule has 0 saturated heterocycles. The number of pyridine rings is 1. The van der Waals surface area contributed by atoms with Gasteiger partial charge in [-0.2, -0.15) is 0 Å². The molecule has 1 aliphatic heterocycles. The highest BCUT2D eigenvalue weighted by atomic mass is 79.9. The van der Waals surface area contributed by atoms with E-state index in [2.05, 4.69) is 32.2 Å². The number of amides is 1. The summed E-state index contributed by atoms with van der Waals surface area (Å²) in [6.07, 6.45) is 0.882. The minimum atomic E-state index is -0.502. The van der Waals surface area contributed by atoms with Crippen LogP contribution >= 0.6 is 15.9 Å². The van der Waals surface area contributed by atoms with Gasteiger partial charge in [-0.1, -0.05) is 0 Å². The molecule has 34 heavy (non-hydrogen) atoms. The van der Waals surface area contributed by atoms with Crippen LogP contribution in [0.5, 0.6) is 5.75 Å². The first-order valence-electron chi connectivity index (χ1n) is 10.5. The molecular weight excluding hydrogens is 500 g/mol. The normalized spacial score (nSPS) is 12.5. The maximum Gasteiger partial charge on any atom is 0.271 e. The summed E-state index contributed by atoms with van der Waals surface area (Å²) < 4.78 is 5.89. The summed E-state index contributed by atoms with van der Waals surface area (Å²) in [5, 5.41) is 14.8. The third-order valence-electron chi connectivity index (χ3n) is 5.79. The Bertz CT molecular complexity index is 1440. The zero-order valence-corrected chi connectivity index (χ0v) is 19.7. The van der Waals surface area contributed by atoms with E-state index in [4.69, 9.17) is 9.72 Å². The number of fused-ring (bicyclic) bond motifs is 2. The number of non-ortho nitro benzene ring substituents is 1.